The number of carbonyl (C=O) groups excluding carboxylic acids is 2. The van der Waals surface area contributed by atoms with Crippen molar-refractivity contribution in [3.05, 3.63) is 71.8 Å². The zero-order chi connectivity index (χ0) is 19.2. The number of hydrogen-bond donors (Lipinski definition) is 1. The second-order valence-electron chi connectivity index (χ2n) is 5.82. The number of rotatable bonds is 7. The number of hydrogen-bond acceptors (Lipinski definition) is 5. The van der Waals surface area contributed by atoms with E-state index in [2.05, 4.69) is 10.4 Å². The van der Waals surface area contributed by atoms with Crippen molar-refractivity contribution in [2.75, 3.05) is 12.4 Å². The lowest BCUT2D eigenvalue weighted by Gasteiger charge is -2.00. The lowest BCUT2D eigenvalue weighted by Crippen LogP contribution is -2.09. The molecule has 7 nitrogen and oxygen atoms in total. The summed E-state index contributed by atoms with van der Waals surface area (Å²) in [7, 11) is 1.60. The molecule has 27 heavy (non-hydrogen) atoms. The van der Waals surface area contributed by atoms with Gasteiger partial charge in [-0.3, -0.25) is 14.3 Å². The molecule has 0 radical (unpaired) electrons. The largest absolute Gasteiger partial charge is 0.497 e. The summed E-state index contributed by atoms with van der Waals surface area (Å²) in [6.45, 7) is 1.81. The molecule has 7 heteroatoms. The van der Waals surface area contributed by atoms with Gasteiger partial charge >= 0.3 is 0 Å². The Morgan fingerprint density at radius 2 is 1.96 bits per heavy atom. The third-order valence-corrected chi connectivity index (χ3v) is 3.76. The fourth-order valence-corrected chi connectivity index (χ4v) is 2.38. The van der Waals surface area contributed by atoms with Crippen LogP contribution in [0.1, 0.15) is 28.8 Å². The van der Waals surface area contributed by atoms with Gasteiger partial charge in [0.05, 0.1) is 13.7 Å². The molecular weight excluding hydrogens is 346 g/mol. The summed E-state index contributed by atoms with van der Waals surface area (Å²) in [4.78, 5) is 23.3. The predicted molar refractivity (Wildman–Crippen MR) is 101 cm³/mol. The highest BCUT2D eigenvalue weighted by Crippen LogP contribution is 2.13. The van der Waals surface area contributed by atoms with Crippen LogP contribution in [0, 0.1) is 0 Å². The minimum Gasteiger partial charge on any atom is -0.497 e. The molecule has 0 unspecified atom stereocenters. The van der Waals surface area contributed by atoms with Crippen molar-refractivity contribution < 1.29 is 18.7 Å². The van der Waals surface area contributed by atoms with E-state index in [9.17, 15) is 9.59 Å². The van der Waals surface area contributed by atoms with E-state index in [1.165, 1.54) is 13.0 Å². The van der Waals surface area contributed by atoms with Gasteiger partial charge in [-0.15, -0.1) is 0 Å². The molecule has 0 atom stereocenters. The van der Waals surface area contributed by atoms with Gasteiger partial charge in [0.2, 0.25) is 5.91 Å². The van der Waals surface area contributed by atoms with Crippen LogP contribution >= 0.6 is 0 Å². The summed E-state index contributed by atoms with van der Waals surface area (Å²) in [5.74, 6) is 1.70. The first-order valence-corrected chi connectivity index (χ1v) is 8.30. The average Bonchev–Trinajstić information content (AvgIpc) is 3.30. The van der Waals surface area contributed by atoms with E-state index in [0.717, 1.165) is 11.3 Å². The van der Waals surface area contributed by atoms with Crippen molar-refractivity contribution in [2.24, 2.45) is 0 Å². The molecule has 3 rings (SSSR count). The number of nitrogens with zero attached hydrogens (tertiary/aromatic N) is 2. The number of ketones is 1. The van der Waals surface area contributed by atoms with E-state index >= 15 is 0 Å². The first-order chi connectivity index (χ1) is 13.0. The summed E-state index contributed by atoms with van der Waals surface area (Å²) in [5, 5.41) is 6.96. The maximum absolute atomic E-state index is 12.0. The molecule has 0 saturated heterocycles. The molecule has 2 aromatic heterocycles. The van der Waals surface area contributed by atoms with Gasteiger partial charge in [0.1, 0.15) is 11.5 Å². The number of benzene rings is 1. The number of anilines is 1. The van der Waals surface area contributed by atoms with Gasteiger partial charge in [0.15, 0.2) is 17.4 Å². The summed E-state index contributed by atoms with van der Waals surface area (Å²) in [6, 6.07) is 12.4. The number of furan rings is 1. The maximum atomic E-state index is 12.0. The third kappa shape index (κ3) is 4.94. The highest BCUT2D eigenvalue weighted by atomic mass is 16.5. The second kappa shape index (κ2) is 8.18. The number of aromatic nitrogens is 2. The fraction of sp³-hybridized carbons (Fsp3) is 0.150. The third-order valence-electron chi connectivity index (χ3n) is 3.76. The zero-order valence-corrected chi connectivity index (χ0v) is 15.0. The predicted octanol–water partition coefficient (Wildman–Crippen LogP) is 3.39. The van der Waals surface area contributed by atoms with Crippen LogP contribution in [0.15, 0.2) is 59.2 Å². The highest BCUT2D eigenvalue weighted by molar-refractivity contribution is 6.01. The van der Waals surface area contributed by atoms with E-state index in [-0.39, 0.29) is 11.7 Å². The average molecular weight is 365 g/mol. The first kappa shape index (κ1) is 18.2. The Kier molecular flexibility index (Phi) is 5.51. The number of Topliss-reactive ketones (excluding diaryl/α,β-unsaturated/α-hetero) is 1. The van der Waals surface area contributed by atoms with Crippen molar-refractivity contribution in [1.82, 2.24) is 9.78 Å². The Morgan fingerprint density at radius 3 is 2.63 bits per heavy atom. The van der Waals surface area contributed by atoms with Crippen molar-refractivity contribution >= 4 is 23.6 Å². The number of carbonyl (C=O) groups is 2. The summed E-state index contributed by atoms with van der Waals surface area (Å²) in [5.41, 5.74) is 0.885. The monoisotopic (exact) mass is 365 g/mol. The van der Waals surface area contributed by atoms with Crippen molar-refractivity contribution in [2.45, 2.75) is 13.5 Å². The van der Waals surface area contributed by atoms with Crippen LogP contribution < -0.4 is 10.1 Å². The van der Waals surface area contributed by atoms with Gasteiger partial charge < -0.3 is 14.5 Å². The van der Waals surface area contributed by atoms with Crippen LogP contribution in [-0.2, 0) is 11.3 Å². The van der Waals surface area contributed by atoms with E-state index in [1.807, 2.05) is 24.3 Å². The zero-order valence-electron chi connectivity index (χ0n) is 15.0. The van der Waals surface area contributed by atoms with Crippen LogP contribution in [0.2, 0.25) is 0 Å². The lowest BCUT2D eigenvalue weighted by atomic mass is 10.2. The normalized spacial score (nSPS) is 10.9. The SMILES string of the molecule is COc1ccc(/C=C/C(=O)Nc2ccn(Cc3ccc(C(C)=O)o3)n2)cc1. The molecule has 0 bridgehead atoms. The molecule has 1 amide bonds. The summed E-state index contributed by atoms with van der Waals surface area (Å²) < 4.78 is 12.1. The molecule has 138 valence electrons. The van der Waals surface area contributed by atoms with Gasteiger partial charge in [-0.05, 0) is 35.9 Å². The molecular formula is C20H19N3O4. The Hall–Kier alpha value is -3.61. The Bertz CT molecular complexity index is 967. The van der Waals surface area contributed by atoms with Gasteiger partial charge in [-0.25, -0.2) is 0 Å². The first-order valence-electron chi connectivity index (χ1n) is 8.30. The number of ether oxygens (including phenoxy) is 1. The van der Waals surface area contributed by atoms with Crippen molar-refractivity contribution in [3.63, 3.8) is 0 Å². The fourth-order valence-electron chi connectivity index (χ4n) is 2.38. The van der Waals surface area contributed by atoms with Crippen LogP contribution in [0.3, 0.4) is 0 Å². The van der Waals surface area contributed by atoms with Crippen molar-refractivity contribution in [3.8, 4) is 5.75 Å². The molecule has 1 N–H and O–H groups in total. The van der Waals surface area contributed by atoms with Crippen LogP contribution in [0.25, 0.3) is 6.08 Å². The molecule has 1 aromatic carbocycles. The quantitative estimate of drug-likeness (QED) is 0.512. The minimum atomic E-state index is -0.284. The highest BCUT2D eigenvalue weighted by Gasteiger charge is 2.08. The molecule has 0 fully saturated rings. The molecule has 2 heterocycles. The molecule has 0 aliphatic heterocycles. The topological polar surface area (TPSA) is 86.4 Å². The molecule has 3 aromatic rings. The molecule has 0 saturated carbocycles. The Balaban J connectivity index is 1.56. The van der Waals surface area contributed by atoms with Crippen LogP contribution in [0.4, 0.5) is 5.82 Å². The molecule has 0 aliphatic rings. The lowest BCUT2D eigenvalue weighted by molar-refractivity contribution is -0.111. The van der Waals surface area contributed by atoms with E-state index in [4.69, 9.17) is 9.15 Å². The maximum Gasteiger partial charge on any atom is 0.249 e. The minimum absolute atomic E-state index is 0.127. The Morgan fingerprint density at radius 1 is 1.19 bits per heavy atom. The van der Waals surface area contributed by atoms with E-state index in [1.54, 1.807) is 42.3 Å². The van der Waals surface area contributed by atoms with Gasteiger partial charge in [-0.1, -0.05) is 12.1 Å². The second-order valence-corrected chi connectivity index (χ2v) is 5.82. The number of methoxy groups -OCH3 is 1. The summed E-state index contributed by atoms with van der Waals surface area (Å²) in [6.07, 6.45) is 4.86. The molecule has 0 spiro atoms. The number of amides is 1. The molecule has 0 aliphatic carbocycles. The van der Waals surface area contributed by atoms with E-state index < -0.39 is 0 Å². The smallest absolute Gasteiger partial charge is 0.249 e. The standard InChI is InChI=1S/C20H19N3O4/c1-14(24)18-9-8-17(27-18)13-23-12-11-19(22-23)21-20(25)10-5-15-3-6-16(26-2)7-4-15/h3-12H,13H2,1-2H3,(H,21,22,25)/b10-5+. The van der Waals surface area contributed by atoms with Crippen LogP contribution in [0.5, 0.6) is 5.75 Å². The van der Waals surface area contributed by atoms with Gasteiger partial charge in [-0.2, -0.15) is 5.10 Å². The van der Waals surface area contributed by atoms with Crippen LogP contribution in [-0.4, -0.2) is 28.6 Å². The van der Waals surface area contributed by atoms with Gasteiger partial charge in [0.25, 0.3) is 0 Å². The Labute approximate surface area is 156 Å². The van der Waals surface area contributed by atoms with E-state index in [0.29, 0.717) is 23.9 Å². The van der Waals surface area contributed by atoms with Crippen molar-refractivity contribution in [1.29, 1.82) is 0 Å². The number of nitrogens with one attached hydrogen (secondary N) is 1. The summed E-state index contributed by atoms with van der Waals surface area (Å²) >= 11 is 0. The van der Waals surface area contributed by atoms with Gasteiger partial charge in [0, 0.05) is 25.3 Å².